The van der Waals surface area contributed by atoms with E-state index in [-0.39, 0.29) is 11.5 Å². The van der Waals surface area contributed by atoms with E-state index in [1.165, 1.54) is 12.1 Å². The largest absolute Gasteiger partial charge is 0.412 e. The maximum absolute atomic E-state index is 13.9. The molecule has 8 heteroatoms. The highest BCUT2D eigenvalue weighted by Gasteiger charge is 2.47. The van der Waals surface area contributed by atoms with Crippen molar-refractivity contribution in [2.45, 2.75) is 69.9 Å². The SMILES string of the molecule is CC(C)C[C@H](NC1(C#N)CC1)C(=O)N[C@@H](c1ccc(-c2ccc(C(C)O)cc2)cc1)C(F)(F)F. The molecule has 3 atom stereocenters. The highest BCUT2D eigenvalue weighted by atomic mass is 19.4. The van der Waals surface area contributed by atoms with E-state index in [4.69, 9.17) is 0 Å². The Labute approximate surface area is 198 Å². The van der Waals surface area contributed by atoms with Crippen molar-refractivity contribution < 1.29 is 23.1 Å². The number of hydrogen-bond donors (Lipinski definition) is 3. The highest BCUT2D eigenvalue weighted by molar-refractivity contribution is 5.82. The van der Waals surface area contributed by atoms with Crippen LogP contribution in [0.25, 0.3) is 11.1 Å². The van der Waals surface area contributed by atoms with Crippen molar-refractivity contribution in [3.05, 3.63) is 59.7 Å². The zero-order valence-corrected chi connectivity index (χ0v) is 19.5. The second-order valence-corrected chi connectivity index (χ2v) is 9.42. The highest BCUT2D eigenvalue weighted by Crippen LogP contribution is 2.37. The number of rotatable bonds is 9. The van der Waals surface area contributed by atoms with Crippen LogP contribution in [0.4, 0.5) is 13.2 Å². The molecule has 1 aliphatic rings. The lowest BCUT2D eigenvalue weighted by atomic mass is 9.98. The number of aliphatic hydroxyl groups excluding tert-OH is 1. The number of carbonyl (C=O) groups is 1. The van der Waals surface area contributed by atoms with Gasteiger partial charge in [0, 0.05) is 0 Å². The van der Waals surface area contributed by atoms with E-state index in [1.807, 2.05) is 13.8 Å². The quantitative estimate of drug-likeness (QED) is 0.468. The molecule has 0 spiro atoms. The fourth-order valence-electron chi connectivity index (χ4n) is 3.87. The molecule has 2 aromatic rings. The number of halogens is 3. The Kier molecular flexibility index (Phi) is 7.69. The molecule has 0 radical (unpaired) electrons. The molecule has 1 aliphatic carbocycles. The van der Waals surface area contributed by atoms with Gasteiger partial charge in [-0.3, -0.25) is 10.1 Å². The van der Waals surface area contributed by atoms with Gasteiger partial charge in [-0.1, -0.05) is 62.4 Å². The van der Waals surface area contributed by atoms with Crippen LogP contribution in [0.1, 0.15) is 63.3 Å². The van der Waals surface area contributed by atoms with Crippen LogP contribution < -0.4 is 10.6 Å². The number of nitriles is 1. The molecule has 1 amide bonds. The van der Waals surface area contributed by atoms with Crippen LogP contribution in [0.15, 0.2) is 48.5 Å². The average molecular weight is 474 g/mol. The predicted molar refractivity (Wildman–Crippen MR) is 123 cm³/mol. The van der Waals surface area contributed by atoms with Gasteiger partial charge in [-0.25, -0.2) is 0 Å². The third-order valence-electron chi connectivity index (χ3n) is 6.02. The summed E-state index contributed by atoms with van der Waals surface area (Å²) in [5.74, 6) is -0.711. The minimum Gasteiger partial charge on any atom is -0.389 e. The topological polar surface area (TPSA) is 85.2 Å². The first-order chi connectivity index (χ1) is 15.9. The minimum atomic E-state index is -4.69. The first-order valence-electron chi connectivity index (χ1n) is 11.4. The summed E-state index contributed by atoms with van der Waals surface area (Å²) < 4.78 is 41.8. The van der Waals surface area contributed by atoms with Crippen molar-refractivity contribution in [2.24, 2.45) is 5.92 Å². The number of alkyl halides is 3. The van der Waals surface area contributed by atoms with Gasteiger partial charge in [0.05, 0.1) is 18.2 Å². The van der Waals surface area contributed by atoms with Gasteiger partial charge in [0.1, 0.15) is 5.54 Å². The lowest BCUT2D eigenvalue weighted by Gasteiger charge is -2.27. The van der Waals surface area contributed by atoms with Crippen molar-refractivity contribution in [3.63, 3.8) is 0 Å². The average Bonchev–Trinajstić information content (AvgIpc) is 3.56. The van der Waals surface area contributed by atoms with Gasteiger partial charge in [-0.15, -0.1) is 0 Å². The Balaban J connectivity index is 1.79. The van der Waals surface area contributed by atoms with E-state index in [0.717, 1.165) is 16.7 Å². The van der Waals surface area contributed by atoms with Gasteiger partial charge in [-0.05, 0) is 54.4 Å². The van der Waals surface area contributed by atoms with Gasteiger partial charge < -0.3 is 10.4 Å². The Morgan fingerprint density at radius 1 is 1.03 bits per heavy atom. The molecule has 1 saturated carbocycles. The fraction of sp³-hybridized carbons (Fsp3) is 0.462. The van der Waals surface area contributed by atoms with Gasteiger partial charge in [0.2, 0.25) is 5.91 Å². The molecule has 1 fully saturated rings. The Hall–Kier alpha value is -2.89. The van der Waals surface area contributed by atoms with Crippen LogP contribution in [-0.4, -0.2) is 28.8 Å². The van der Waals surface area contributed by atoms with Crippen molar-refractivity contribution >= 4 is 5.91 Å². The van der Waals surface area contributed by atoms with Gasteiger partial charge in [0.15, 0.2) is 6.04 Å². The molecule has 3 rings (SSSR count). The number of aliphatic hydroxyl groups is 1. The number of hydrogen-bond acceptors (Lipinski definition) is 4. The van der Waals surface area contributed by atoms with Crippen molar-refractivity contribution in [1.29, 1.82) is 5.26 Å². The van der Waals surface area contributed by atoms with E-state index < -0.39 is 35.8 Å². The summed E-state index contributed by atoms with van der Waals surface area (Å²) in [5, 5.41) is 24.1. The van der Waals surface area contributed by atoms with Crippen LogP contribution in [0, 0.1) is 17.2 Å². The maximum atomic E-state index is 13.9. The second kappa shape index (κ2) is 10.2. The van der Waals surface area contributed by atoms with Crippen LogP contribution in [0.5, 0.6) is 0 Å². The summed E-state index contributed by atoms with van der Waals surface area (Å²) >= 11 is 0. The molecule has 182 valence electrons. The molecular formula is C26H30F3N3O2. The standard InChI is InChI=1S/C26H30F3N3O2/c1-16(2)14-22(32-25(15-30)12-13-25)24(34)31-23(26(27,28)29)21-10-8-20(9-11-21)19-6-4-18(5-7-19)17(3)33/h4-11,16-17,22-23,32-33H,12-14H2,1-3H3,(H,31,34)/t17?,22-,23-/m0/s1. The lowest BCUT2D eigenvalue weighted by Crippen LogP contribution is -2.52. The number of nitrogens with one attached hydrogen (secondary N) is 2. The fourth-order valence-corrected chi connectivity index (χ4v) is 3.87. The van der Waals surface area contributed by atoms with Crippen LogP contribution in [0.2, 0.25) is 0 Å². The molecule has 0 saturated heterocycles. The third kappa shape index (κ3) is 6.37. The zero-order valence-electron chi connectivity index (χ0n) is 19.5. The second-order valence-electron chi connectivity index (χ2n) is 9.42. The molecule has 0 heterocycles. The lowest BCUT2D eigenvalue weighted by molar-refractivity contribution is -0.164. The summed E-state index contributed by atoms with van der Waals surface area (Å²) in [6.45, 7) is 5.41. The Morgan fingerprint density at radius 2 is 1.53 bits per heavy atom. The van der Waals surface area contributed by atoms with Crippen molar-refractivity contribution in [2.75, 3.05) is 0 Å². The molecule has 5 nitrogen and oxygen atoms in total. The molecule has 3 N–H and O–H groups in total. The third-order valence-corrected chi connectivity index (χ3v) is 6.02. The predicted octanol–water partition coefficient (Wildman–Crippen LogP) is 5.19. The first-order valence-corrected chi connectivity index (χ1v) is 11.4. The smallest absolute Gasteiger partial charge is 0.389 e. The van der Waals surface area contributed by atoms with E-state index in [1.54, 1.807) is 43.3 Å². The number of benzene rings is 2. The Morgan fingerprint density at radius 3 is 1.91 bits per heavy atom. The first kappa shape index (κ1) is 25.7. The number of nitrogens with zero attached hydrogens (tertiary/aromatic N) is 1. The number of carbonyl (C=O) groups excluding carboxylic acids is 1. The summed E-state index contributed by atoms with van der Waals surface area (Å²) in [4.78, 5) is 12.9. The maximum Gasteiger partial charge on any atom is 0.412 e. The van der Waals surface area contributed by atoms with Crippen LogP contribution in [0.3, 0.4) is 0 Å². The van der Waals surface area contributed by atoms with Crippen LogP contribution >= 0.6 is 0 Å². The van der Waals surface area contributed by atoms with E-state index in [0.29, 0.717) is 19.3 Å². The van der Waals surface area contributed by atoms with E-state index in [2.05, 4.69) is 16.7 Å². The monoisotopic (exact) mass is 473 g/mol. The normalized spacial score (nSPS) is 17.5. The summed E-state index contributed by atoms with van der Waals surface area (Å²) in [6.07, 6.45) is -3.82. The molecule has 34 heavy (non-hydrogen) atoms. The van der Waals surface area contributed by atoms with Gasteiger partial charge in [-0.2, -0.15) is 18.4 Å². The number of amides is 1. The molecule has 0 bridgehead atoms. The molecule has 0 aromatic heterocycles. The van der Waals surface area contributed by atoms with Crippen molar-refractivity contribution in [1.82, 2.24) is 10.6 Å². The molecule has 0 aliphatic heterocycles. The molecular weight excluding hydrogens is 443 g/mol. The minimum absolute atomic E-state index is 0.0570. The van der Waals surface area contributed by atoms with Crippen LogP contribution in [-0.2, 0) is 4.79 Å². The van der Waals surface area contributed by atoms with Gasteiger partial charge in [0.25, 0.3) is 0 Å². The summed E-state index contributed by atoms with van der Waals surface area (Å²) in [5.41, 5.74) is 1.37. The zero-order chi connectivity index (χ0) is 25.1. The summed E-state index contributed by atoms with van der Waals surface area (Å²) in [6, 6.07) is 12.1. The van der Waals surface area contributed by atoms with Gasteiger partial charge >= 0.3 is 6.18 Å². The Bertz CT molecular complexity index is 1020. The molecule has 1 unspecified atom stereocenters. The van der Waals surface area contributed by atoms with E-state index in [9.17, 15) is 28.3 Å². The van der Waals surface area contributed by atoms with Crippen molar-refractivity contribution in [3.8, 4) is 17.2 Å². The summed E-state index contributed by atoms with van der Waals surface area (Å²) in [7, 11) is 0. The van der Waals surface area contributed by atoms with E-state index >= 15 is 0 Å². The molecule has 2 aromatic carbocycles.